The van der Waals surface area contributed by atoms with E-state index in [1.165, 1.54) is 17.1 Å². The number of nitrogens with two attached hydrogens (primary N) is 1. The highest BCUT2D eigenvalue weighted by Crippen LogP contribution is 2.75. The molecule has 9 N–H and O–H groups in total. The van der Waals surface area contributed by atoms with Crippen molar-refractivity contribution in [3.05, 3.63) is 107 Å². The molecular weight excluding hydrogens is 1310 g/mol. The molecule has 536 valence electrons. The smallest absolute Gasteiger partial charge is 0.410 e. The van der Waals surface area contributed by atoms with Crippen LogP contribution in [0.1, 0.15) is 144 Å². The van der Waals surface area contributed by atoms with Crippen LogP contribution in [0, 0.1) is 41.4 Å². The Balaban J connectivity index is 0.695. The molecule has 6 heterocycles. The van der Waals surface area contributed by atoms with Crippen LogP contribution < -0.4 is 37.2 Å². The van der Waals surface area contributed by atoms with E-state index >= 15 is 0 Å². The largest absolute Gasteiger partial charge is 0.481 e. The van der Waals surface area contributed by atoms with Gasteiger partial charge in [0.05, 0.1) is 42.6 Å². The maximum atomic E-state index is 13.9. The number of aliphatic carboxylic acids is 1. The molecule has 4 aliphatic carbocycles. The van der Waals surface area contributed by atoms with E-state index in [1.807, 2.05) is 55.1 Å². The van der Waals surface area contributed by atoms with Crippen LogP contribution in [0.15, 0.2) is 79.0 Å². The molecule has 4 aromatic heterocycles. The number of ether oxygens (including phenoxy) is 2. The molecule has 8 amide bonds. The Labute approximate surface area is 589 Å². The molecule has 6 atom stereocenters. The number of rotatable bonds is 32. The lowest BCUT2D eigenvalue weighted by Gasteiger charge is -2.70. The van der Waals surface area contributed by atoms with Gasteiger partial charge in [-0.15, -0.1) is 10.2 Å². The first-order valence-corrected chi connectivity index (χ1v) is 35.3. The van der Waals surface area contributed by atoms with Crippen molar-refractivity contribution in [2.75, 3.05) is 61.5 Å². The van der Waals surface area contributed by atoms with Gasteiger partial charge in [-0.25, -0.2) is 24.4 Å². The lowest BCUT2D eigenvalue weighted by molar-refractivity contribution is -0.198. The number of aromatic carboxylic acids is 1. The van der Waals surface area contributed by atoms with Gasteiger partial charge in [0.25, 0.3) is 11.8 Å². The summed E-state index contributed by atoms with van der Waals surface area (Å²) in [5, 5.41) is 49.7. The average molecular weight is 1400 g/mol. The molecular formula is C72H89N15O13S. The number of fused-ring (bicyclic) bond motifs is 2. The maximum Gasteiger partial charge on any atom is 0.410 e. The number of thiazole rings is 1. The van der Waals surface area contributed by atoms with Gasteiger partial charge >= 0.3 is 24.1 Å². The first kappa shape index (κ1) is 72.4. The molecule has 4 saturated carbocycles. The Kier molecular flexibility index (Phi) is 21.9. The molecule has 101 heavy (non-hydrogen) atoms. The highest BCUT2D eigenvalue weighted by molar-refractivity contribution is 7.22. The molecule has 4 bridgehead atoms. The summed E-state index contributed by atoms with van der Waals surface area (Å²) in [6.45, 7) is 13.7. The Morgan fingerprint density at radius 1 is 0.802 bits per heavy atom. The number of carboxylic acids is 2. The maximum absolute atomic E-state index is 13.9. The molecule has 2 aliphatic heterocycles. The number of imide groups is 1. The van der Waals surface area contributed by atoms with E-state index in [-0.39, 0.29) is 99.0 Å². The number of carbonyl (C=O) groups is 9. The Bertz CT molecular complexity index is 4120. The second kappa shape index (κ2) is 30.5. The summed E-state index contributed by atoms with van der Waals surface area (Å²) >= 11 is 1.54. The molecule has 29 heteroatoms. The second-order valence-electron chi connectivity index (χ2n) is 29.0. The number of nitrogens with one attached hydrogen (secondary N) is 5. The number of carboxylic acid groups (broad SMARTS) is 2. The summed E-state index contributed by atoms with van der Waals surface area (Å²) in [7, 11) is 0. The van der Waals surface area contributed by atoms with Crippen molar-refractivity contribution in [2.24, 2.45) is 33.3 Å². The normalized spacial score (nSPS) is 20.9. The van der Waals surface area contributed by atoms with Gasteiger partial charge in [0.15, 0.2) is 22.5 Å². The van der Waals surface area contributed by atoms with Crippen LogP contribution in [-0.2, 0) is 57.8 Å². The fourth-order valence-corrected chi connectivity index (χ4v) is 17.8. The Morgan fingerprint density at radius 2 is 1.53 bits per heavy atom. The third-order valence-electron chi connectivity index (χ3n) is 20.2. The van der Waals surface area contributed by atoms with Gasteiger partial charge < -0.3 is 61.8 Å². The van der Waals surface area contributed by atoms with Gasteiger partial charge in [-0.2, -0.15) is 5.10 Å². The van der Waals surface area contributed by atoms with Crippen molar-refractivity contribution in [2.45, 2.75) is 157 Å². The third-order valence-corrected chi connectivity index (χ3v) is 21.2. The van der Waals surface area contributed by atoms with Gasteiger partial charge in [-0.1, -0.05) is 63.3 Å². The number of benzene rings is 2. The molecule has 12 rings (SSSR count). The molecule has 2 aromatic carbocycles. The number of primary amides is 1. The highest BCUT2D eigenvalue weighted by atomic mass is 32.1. The topological polar surface area (TPSA) is 378 Å². The minimum Gasteiger partial charge on any atom is -0.481 e. The number of aromatic nitrogens is 6. The van der Waals surface area contributed by atoms with E-state index in [0.717, 1.165) is 94.9 Å². The Hall–Kier alpha value is -9.90. The lowest BCUT2D eigenvalue weighted by Crippen LogP contribution is -2.60. The van der Waals surface area contributed by atoms with E-state index < -0.39 is 71.6 Å². The van der Waals surface area contributed by atoms with E-state index in [2.05, 4.69) is 55.3 Å². The number of amides is 8. The quantitative estimate of drug-likeness (QED) is 0.0144. The molecule has 0 saturated heterocycles. The van der Waals surface area contributed by atoms with E-state index in [0.29, 0.717) is 59.3 Å². The van der Waals surface area contributed by atoms with E-state index in [4.69, 9.17) is 30.3 Å². The van der Waals surface area contributed by atoms with Gasteiger partial charge in [0.1, 0.15) is 24.5 Å². The molecule has 0 spiro atoms. The zero-order valence-corrected chi connectivity index (χ0v) is 58.7. The monoisotopic (exact) mass is 1400 g/mol. The van der Waals surface area contributed by atoms with E-state index in [9.17, 15) is 53.4 Å². The number of anilines is 5. The number of para-hydroxylation sites is 1. The average Bonchev–Trinajstić information content (AvgIpc) is 1.49. The second-order valence-corrected chi connectivity index (χ2v) is 30.0. The minimum atomic E-state index is -1.16. The van der Waals surface area contributed by atoms with Gasteiger partial charge in [-0.05, 0) is 160 Å². The van der Waals surface area contributed by atoms with Crippen molar-refractivity contribution in [3.8, 4) is 11.1 Å². The fraction of sp³-hybridized carbons (Fsp3) is 0.500. The lowest BCUT2D eigenvalue weighted by atomic mass is 9.35. The van der Waals surface area contributed by atoms with Gasteiger partial charge in [0, 0.05) is 84.9 Å². The van der Waals surface area contributed by atoms with Crippen LogP contribution in [0.5, 0.6) is 0 Å². The van der Waals surface area contributed by atoms with Crippen LogP contribution in [0.3, 0.4) is 0 Å². The zero-order chi connectivity index (χ0) is 72.0. The summed E-state index contributed by atoms with van der Waals surface area (Å²) in [5.74, 6) is -3.49. The van der Waals surface area contributed by atoms with E-state index in [1.54, 1.807) is 55.6 Å². The van der Waals surface area contributed by atoms with Crippen molar-refractivity contribution < 1.29 is 62.8 Å². The third kappa shape index (κ3) is 17.1. The fourth-order valence-electron chi connectivity index (χ4n) is 17.0. The summed E-state index contributed by atoms with van der Waals surface area (Å²) in [5.41, 5.74) is 10.9. The Morgan fingerprint density at radius 3 is 2.24 bits per heavy atom. The summed E-state index contributed by atoms with van der Waals surface area (Å²) in [6.07, 6.45) is 12.5. The number of pyridine rings is 1. The molecule has 6 aromatic rings. The summed E-state index contributed by atoms with van der Waals surface area (Å²) in [4.78, 5) is 129. The standard InChI is InChI=1S/C72H89N15O13S/c1-43(2)59(80-55(88)25-32-99-33-31-86-56(89)22-23-57(86)90)64(94)77-52(14-9-27-74-66(73)97)63(93)76-47-18-16-46(17-19-47)35-100-68(98)84(30-24-58(91)92)28-11-26-71-37-69(5)36-70(6,38-71)40-72(39-69,41-71)42-87-45(4)50(34-75-87)49-20-21-54(79-60(49)65(95)96)85-29-10-12-48-44(3)61(82-83-62(48)85)81-67-78-51-13-7-8-15-53(51)101-67/h7-8,13,15-23,34,43,52,59H,9-12,14,24-33,35-42H2,1-6H3,(H,76,93)(H,77,94)(H,80,88)(H,91,92)(H,95,96)(H3,73,74,97)(H,78,81,82)/t52-,59-,69-,70+,71?,72?/m0/s1. The van der Waals surface area contributed by atoms with Gasteiger partial charge in [-0.3, -0.25) is 38.3 Å². The number of urea groups is 1. The zero-order valence-electron chi connectivity index (χ0n) is 57.9. The molecule has 6 aliphatic rings. The van der Waals surface area contributed by atoms with Gasteiger partial charge in [0.2, 0.25) is 17.7 Å². The van der Waals surface area contributed by atoms with Crippen molar-refractivity contribution in [1.82, 2.24) is 55.7 Å². The first-order chi connectivity index (χ1) is 48.2. The minimum absolute atomic E-state index is 0.0131. The van der Waals surface area contributed by atoms with Crippen LogP contribution in [-0.4, -0.2) is 162 Å². The van der Waals surface area contributed by atoms with Crippen LogP contribution in [0.25, 0.3) is 21.3 Å². The molecule has 4 fully saturated rings. The predicted octanol–water partition coefficient (Wildman–Crippen LogP) is 9.09. The van der Waals surface area contributed by atoms with Crippen LogP contribution in [0.2, 0.25) is 0 Å². The van der Waals surface area contributed by atoms with Crippen LogP contribution in [0.4, 0.5) is 37.9 Å². The first-order valence-electron chi connectivity index (χ1n) is 34.5. The summed E-state index contributed by atoms with van der Waals surface area (Å²) in [6, 6.07) is 15.2. The van der Waals surface area contributed by atoms with Crippen molar-refractivity contribution in [3.63, 3.8) is 0 Å². The highest BCUT2D eigenvalue weighted by Gasteiger charge is 2.65. The van der Waals surface area contributed by atoms with Crippen molar-refractivity contribution in [1.29, 1.82) is 0 Å². The number of carbonyl (C=O) groups excluding carboxylic acids is 7. The number of hydrogen-bond acceptors (Lipinski definition) is 19. The van der Waals surface area contributed by atoms with Crippen LogP contribution >= 0.6 is 11.3 Å². The number of nitrogens with zero attached hydrogens (tertiary/aromatic N) is 9. The molecule has 2 unspecified atom stereocenters. The number of hydrogen-bond donors (Lipinski definition) is 8. The summed E-state index contributed by atoms with van der Waals surface area (Å²) < 4.78 is 14.4. The molecule has 28 nitrogen and oxygen atoms in total. The predicted molar refractivity (Wildman–Crippen MR) is 376 cm³/mol. The molecule has 0 radical (unpaired) electrons. The SMILES string of the molecule is Cc1c(Nc2nc3ccccc3s2)nnc2c1CCCN2c1ccc(-c2cnn(CC34CC5(CCCN(CCC(=O)O)C(=O)OCc6ccc(NC(=O)[C@H](CCCNC(N)=O)NC(=O)[C@@H](NC(=O)CCOCCN7C(=O)C=CC7=O)C(C)C)cc6)C[C@@](C)(C3)C[C@](C)(C5)C4)c2C)c(C(=O)O)n1. The van der Waals surface area contributed by atoms with Crippen molar-refractivity contribution >= 4 is 103 Å².